The van der Waals surface area contributed by atoms with Crippen molar-refractivity contribution in [1.82, 2.24) is 15.1 Å². The molecule has 1 aromatic rings. The fourth-order valence-corrected chi connectivity index (χ4v) is 6.36. The van der Waals surface area contributed by atoms with Gasteiger partial charge in [0.15, 0.2) is 0 Å². The van der Waals surface area contributed by atoms with Crippen molar-refractivity contribution in [1.29, 1.82) is 5.26 Å². The molecule has 3 aliphatic heterocycles. The molecule has 4 atom stereocenters. The molecule has 1 N–H and O–H groups in total. The Labute approximate surface area is 177 Å². The van der Waals surface area contributed by atoms with E-state index in [1.807, 2.05) is 13.1 Å². The number of hydrogen-bond donors (Lipinski definition) is 1. The molecule has 5 rings (SSSR count). The van der Waals surface area contributed by atoms with Gasteiger partial charge in [-0.05, 0) is 57.0 Å². The lowest BCUT2D eigenvalue weighted by atomic mass is 9.73. The first-order valence-electron chi connectivity index (χ1n) is 11.0. The molecule has 1 amide bonds. The first-order valence-corrected chi connectivity index (χ1v) is 11.0. The number of hydrogen-bond acceptors (Lipinski definition) is 5. The predicted octanol–water partition coefficient (Wildman–Crippen LogP) is 1.61. The van der Waals surface area contributed by atoms with Gasteiger partial charge in [-0.15, -0.1) is 0 Å². The largest absolute Gasteiger partial charge is 0.370 e. The Kier molecular flexibility index (Phi) is 4.75. The van der Waals surface area contributed by atoms with Gasteiger partial charge in [0.25, 0.3) is 0 Å². The second kappa shape index (κ2) is 7.21. The third-order valence-corrected chi connectivity index (χ3v) is 7.74. The van der Waals surface area contributed by atoms with Crippen LogP contribution in [0.15, 0.2) is 18.2 Å². The van der Waals surface area contributed by atoms with Crippen LogP contribution in [0, 0.1) is 28.5 Å². The number of carbonyl (C=O) groups is 1. The Morgan fingerprint density at radius 1 is 1.30 bits per heavy atom. The molecule has 1 spiro atoms. The average Bonchev–Trinajstić information content (AvgIpc) is 3.25. The number of carbonyl (C=O) groups excluding carboxylic acids is 1. The van der Waals surface area contributed by atoms with E-state index < -0.39 is 6.04 Å². The number of piperidine rings is 1. The molecule has 7 heteroatoms. The van der Waals surface area contributed by atoms with Gasteiger partial charge in [0, 0.05) is 49.7 Å². The van der Waals surface area contributed by atoms with E-state index in [1.165, 1.54) is 0 Å². The van der Waals surface area contributed by atoms with Gasteiger partial charge >= 0.3 is 0 Å². The first-order chi connectivity index (χ1) is 14.4. The minimum absolute atomic E-state index is 0.0929. The second-order valence-electron chi connectivity index (χ2n) is 10.0. The van der Waals surface area contributed by atoms with Crippen LogP contribution in [0.5, 0.6) is 0 Å². The van der Waals surface area contributed by atoms with Crippen molar-refractivity contribution in [2.45, 2.75) is 43.8 Å². The number of rotatable bonds is 5. The van der Waals surface area contributed by atoms with E-state index >= 15 is 0 Å². The van der Waals surface area contributed by atoms with E-state index in [4.69, 9.17) is 0 Å². The zero-order valence-electron chi connectivity index (χ0n) is 17.8. The lowest BCUT2D eigenvalue weighted by Gasteiger charge is -2.60. The summed E-state index contributed by atoms with van der Waals surface area (Å²) in [5.74, 6) is -0.0130. The molecule has 4 aliphatic rings. The topological polar surface area (TPSA) is 62.6 Å². The van der Waals surface area contributed by atoms with Crippen LogP contribution in [0.2, 0.25) is 0 Å². The summed E-state index contributed by atoms with van der Waals surface area (Å²) >= 11 is 0. The van der Waals surface area contributed by atoms with E-state index in [2.05, 4.69) is 33.1 Å². The molecule has 1 aromatic carbocycles. The van der Waals surface area contributed by atoms with E-state index in [-0.39, 0.29) is 24.2 Å². The van der Waals surface area contributed by atoms with Crippen molar-refractivity contribution in [2.75, 3.05) is 45.2 Å². The van der Waals surface area contributed by atoms with Gasteiger partial charge in [-0.25, -0.2) is 4.39 Å². The molecule has 4 fully saturated rings. The number of nitrogens with zero attached hydrogens (tertiary/aromatic N) is 4. The Bertz CT molecular complexity index is 882. The molecule has 6 nitrogen and oxygen atoms in total. The van der Waals surface area contributed by atoms with Gasteiger partial charge < -0.3 is 15.1 Å². The Morgan fingerprint density at radius 2 is 2.07 bits per heavy atom. The fraction of sp³-hybridized carbons (Fsp3) is 0.652. The van der Waals surface area contributed by atoms with Crippen LogP contribution in [0.25, 0.3) is 0 Å². The van der Waals surface area contributed by atoms with Crippen LogP contribution in [0.3, 0.4) is 0 Å². The van der Waals surface area contributed by atoms with Crippen LogP contribution >= 0.6 is 0 Å². The quantitative estimate of drug-likeness (QED) is 0.798. The highest BCUT2D eigenvalue weighted by Gasteiger charge is 2.50. The molecule has 30 heavy (non-hydrogen) atoms. The normalized spacial score (nSPS) is 30.6. The molecular formula is C23H30FN5O. The Morgan fingerprint density at radius 3 is 2.67 bits per heavy atom. The number of nitrogens with one attached hydrogen (secondary N) is 1. The fourth-order valence-electron chi connectivity index (χ4n) is 6.36. The summed E-state index contributed by atoms with van der Waals surface area (Å²) in [6, 6.07) is 7.04. The standard InChI is InChI=1S/C23H30FN5O/c1-27-11-23(12-27)13-29(14-23)19-6-3-15(20(24)9-19)7-17(10-25)26-22(30)21-16-4-5-18(8-16)28(21)2/h3,6,9,16-18,21H,4-5,7-8,11-14H2,1-2H3,(H,26,30)/t16?,17-,18?,21?/m0/s1. The monoisotopic (exact) mass is 411 g/mol. The van der Waals surface area contributed by atoms with Crippen LogP contribution in [-0.4, -0.2) is 74.1 Å². The highest BCUT2D eigenvalue weighted by Crippen LogP contribution is 2.42. The van der Waals surface area contributed by atoms with Gasteiger partial charge in [-0.2, -0.15) is 5.26 Å². The van der Waals surface area contributed by atoms with Crippen molar-refractivity contribution in [2.24, 2.45) is 11.3 Å². The number of benzene rings is 1. The summed E-state index contributed by atoms with van der Waals surface area (Å²) in [4.78, 5) is 19.5. The lowest BCUT2D eigenvalue weighted by Crippen LogP contribution is -2.71. The van der Waals surface area contributed by atoms with Gasteiger partial charge in [-0.3, -0.25) is 9.69 Å². The van der Waals surface area contributed by atoms with Crippen LogP contribution in [-0.2, 0) is 11.2 Å². The van der Waals surface area contributed by atoms with Crippen LogP contribution < -0.4 is 10.2 Å². The number of anilines is 1. The maximum absolute atomic E-state index is 14.8. The zero-order valence-corrected chi connectivity index (χ0v) is 17.8. The summed E-state index contributed by atoms with van der Waals surface area (Å²) in [6.07, 6.45) is 3.48. The van der Waals surface area contributed by atoms with Crippen molar-refractivity contribution in [3.63, 3.8) is 0 Å². The zero-order chi connectivity index (χ0) is 21.0. The van der Waals surface area contributed by atoms with Gasteiger partial charge in [-0.1, -0.05) is 6.07 Å². The summed E-state index contributed by atoms with van der Waals surface area (Å²) < 4.78 is 14.8. The van der Waals surface area contributed by atoms with Gasteiger partial charge in [0.2, 0.25) is 5.91 Å². The number of nitriles is 1. The minimum Gasteiger partial charge on any atom is -0.370 e. The molecule has 160 valence electrons. The average molecular weight is 412 g/mol. The highest BCUT2D eigenvalue weighted by atomic mass is 19.1. The number of likely N-dealkylation sites (N-methyl/N-ethyl adjacent to an activating group) is 1. The van der Waals surface area contributed by atoms with Crippen molar-refractivity contribution in [3.8, 4) is 6.07 Å². The second-order valence-corrected chi connectivity index (χ2v) is 10.0. The Hall–Kier alpha value is -2.17. The van der Waals surface area contributed by atoms with E-state index in [0.29, 0.717) is 22.9 Å². The minimum atomic E-state index is -0.719. The van der Waals surface area contributed by atoms with Crippen molar-refractivity contribution in [3.05, 3.63) is 29.6 Å². The Balaban J connectivity index is 1.19. The molecule has 1 saturated carbocycles. The number of likely N-dealkylation sites (tertiary alicyclic amines) is 2. The predicted molar refractivity (Wildman–Crippen MR) is 112 cm³/mol. The molecule has 1 aliphatic carbocycles. The highest BCUT2D eigenvalue weighted by molar-refractivity contribution is 5.83. The third-order valence-electron chi connectivity index (χ3n) is 7.74. The van der Waals surface area contributed by atoms with Gasteiger partial charge in [0.05, 0.1) is 12.1 Å². The summed E-state index contributed by atoms with van der Waals surface area (Å²) in [6.45, 7) is 4.19. The van der Waals surface area contributed by atoms with Gasteiger partial charge in [0.1, 0.15) is 11.9 Å². The maximum atomic E-state index is 14.8. The number of amides is 1. The maximum Gasteiger partial charge on any atom is 0.238 e. The molecular weight excluding hydrogens is 381 g/mol. The van der Waals surface area contributed by atoms with Crippen LogP contribution in [0.1, 0.15) is 24.8 Å². The SMILES string of the molecule is CN1CC2(C1)CN(c1ccc(C[C@@H](C#N)NC(=O)C3C4CCC(C4)N3C)c(F)c1)C2. The molecule has 0 radical (unpaired) electrons. The van der Waals surface area contributed by atoms with E-state index in [1.54, 1.807) is 12.1 Å². The van der Waals surface area contributed by atoms with Crippen LogP contribution in [0.4, 0.5) is 10.1 Å². The molecule has 3 saturated heterocycles. The third kappa shape index (κ3) is 3.27. The summed E-state index contributed by atoms with van der Waals surface area (Å²) in [5.41, 5.74) is 1.77. The first kappa shape index (κ1) is 19.8. The number of halogens is 1. The molecule has 3 unspecified atom stereocenters. The lowest BCUT2D eigenvalue weighted by molar-refractivity contribution is -0.127. The summed E-state index contributed by atoms with van der Waals surface area (Å²) in [7, 11) is 4.12. The number of fused-ring (bicyclic) bond motifs is 2. The molecule has 2 bridgehead atoms. The smallest absolute Gasteiger partial charge is 0.238 e. The van der Waals surface area contributed by atoms with E-state index in [9.17, 15) is 14.4 Å². The van der Waals surface area contributed by atoms with Crippen molar-refractivity contribution >= 4 is 11.6 Å². The van der Waals surface area contributed by atoms with Crippen molar-refractivity contribution < 1.29 is 9.18 Å². The summed E-state index contributed by atoms with van der Waals surface area (Å²) in [5, 5.41) is 12.4. The van der Waals surface area contributed by atoms with E-state index in [0.717, 1.165) is 51.1 Å². The molecule has 0 aromatic heterocycles. The molecule has 3 heterocycles.